The lowest BCUT2D eigenvalue weighted by Crippen LogP contribution is -2.38. The summed E-state index contributed by atoms with van der Waals surface area (Å²) in [6.07, 6.45) is 3.46. The molecule has 0 aliphatic carbocycles. The molecule has 0 aliphatic rings. The average Bonchev–Trinajstić information content (AvgIpc) is 3.08. The van der Waals surface area contributed by atoms with Crippen LogP contribution in [0.2, 0.25) is 0 Å². The van der Waals surface area contributed by atoms with Crippen molar-refractivity contribution in [3.05, 3.63) is 35.9 Å². The van der Waals surface area contributed by atoms with Crippen LogP contribution >= 0.6 is 24.0 Å². The summed E-state index contributed by atoms with van der Waals surface area (Å²) in [7, 11) is 3.52. The number of nitrogens with zero attached hydrogens (tertiary/aromatic N) is 4. The first kappa shape index (κ1) is 24.0. The minimum Gasteiger partial charge on any atom is -0.493 e. The molecule has 0 saturated carbocycles. The highest BCUT2D eigenvalue weighted by atomic mass is 127. The van der Waals surface area contributed by atoms with Gasteiger partial charge in [-0.3, -0.25) is 4.68 Å². The van der Waals surface area contributed by atoms with E-state index in [2.05, 4.69) is 37.8 Å². The molecule has 2 rings (SSSR count). The van der Waals surface area contributed by atoms with Gasteiger partial charge in [0.1, 0.15) is 18.7 Å². The predicted molar refractivity (Wildman–Crippen MR) is 122 cm³/mol. The lowest BCUT2D eigenvalue weighted by atomic mass is 10.1. The normalized spacial score (nSPS) is 10.9. The van der Waals surface area contributed by atoms with Crippen molar-refractivity contribution in [2.75, 3.05) is 26.8 Å². The van der Waals surface area contributed by atoms with Crippen LogP contribution in [0.25, 0.3) is 0 Å². The summed E-state index contributed by atoms with van der Waals surface area (Å²) < 4.78 is 12.7. The molecule has 1 aromatic carbocycles. The molecule has 1 aromatic heterocycles. The highest BCUT2D eigenvalue weighted by Gasteiger charge is 2.06. The van der Waals surface area contributed by atoms with Crippen molar-refractivity contribution in [1.82, 2.24) is 25.4 Å². The van der Waals surface area contributed by atoms with Crippen LogP contribution in [0.1, 0.15) is 31.7 Å². The van der Waals surface area contributed by atoms with Crippen LogP contribution in [0, 0.1) is 0 Å². The first-order valence-corrected chi connectivity index (χ1v) is 9.32. The average molecular weight is 502 g/mol. The Bertz CT molecular complexity index is 735. The number of rotatable bonds is 10. The molecule has 0 fully saturated rings. The molecular weight excluding hydrogens is 471 g/mol. The van der Waals surface area contributed by atoms with E-state index in [4.69, 9.17) is 9.47 Å². The highest BCUT2D eigenvalue weighted by molar-refractivity contribution is 14.0. The molecule has 2 N–H and O–H groups in total. The Balaban J connectivity index is 0.00000392. The van der Waals surface area contributed by atoms with Gasteiger partial charge in [-0.25, -0.2) is 9.98 Å². The topological polar surface area (TPSA) is 85.6 Å². The lowest BCUT2D eigenvalue weighted by Gasteiger charge is -2.13. The number of aryl methyl sites for hydroxylation is 2. The van der Waals surface area contributed by atoms with E-state index in [-0.39, 0.29) is 24.0 Å². The number of benzene rings is 1. The minimum absolute atomic E-state index is 0. The highest BCUT2D eigenvalue weighted by Crippen LogP contribution is 2.28. The van der Waals surface area contributed by atoms with Crippen molar-refractivity contribution in [2.24, 2.45) is 12.0 Å². The molecule has 0 spiro atoms. The zero-order valence-electron chi connectivity index (χ0n) is 17.1. The third-order valence-corrected chi connectivity index (χ3v) is 3.99. The maximum Gasteiger partial charge on any atom is 0.191 e. The molecule has 1 heterocycles. The molecule has 2 aromatic rings. The monoisotopic (exact) mass is 502 g/mol. The summed E-state index contributed by atoms with van der Waals surface area (Å²) in [5, 5.41) is 10.7. The van der Waals surface area contributed by atoms with E-state index in [0.717, 1.165) is 49.2 Å². The standard InChI is InChI=1S/C19H30N6O2.HI/c1-5-20-19(22-13-18-23-14-24-25(18)3)21-11-7-8-15-9-10-16(26-4)17(12-15)27-6-2;/h9-10,12,14H,5-8,11,13H2,1-4H3,(H2,20,21,22);1H. The van der Waals surface area contributed by atoms with Gasteiger partial charge < -0.3 is 20.1 Å². The Morgan fingerprint density at radius 2 is 2.04 bits per heavy atom. The van der Waals surface area contributed by atoms with Crippen molar-refractivity contribution in [1.29, 1.82) is 0 Å². The minimum atomic E-state index is 0. The van der Waals surface area contributed by atoms with Crippen LogP contribution in [-0.4, -0.2) is 47.5 Å². The van der Waals surface area contributed by atoms with Gasteiger partial charge in [-0.15, -0.1) is 24.0 Å². The lowest BCUT2D eigenvalue weighted by molar-refractivity contribution is 0.310. The fourth-order valence-corrected chi connectivity index (χ4v) is 2.60. The van der Waals surface area contributed by atoms with Crippen LogP contribution in [0.5, 0.6) is 11.5 Å². The molecule has 0 saturated heterocycles. The Hall–Kier alpha value is -2.04. The van der Waals surface area contributed by atoms with Gasteiger partial charge in [0, 0.05) is 20.1 Å². The number of halogens is 1. The molecule has 9 heteroatoms. The zero-order chi connectivity index (χ0) is 19.5. The van der Waals surface area contributed by atoms with E-state index >= 15 is 0 Å². The molecule has 156 valence electrons. The van der Waals surface area contributed by atoms with Gasteiger partial charge in [0.25, 0.3) is 0 Å². The van der Waals surface area contributed by atoms with Gasteiger partial charge in [0.15, 0.2) is 17.5 Å². The van der Waals surface area contributed by atoms with Crippen molar-refractivity contribution in [3.63, 3.8) is 0 Å². The molecule has 0 amide bonds. The number of nitrogens with one attached hydrogen (secondary N) is 2. The molecular formula is C19H31IN6O2. The fourth-order valence-electron chi connectivity index (χ4n) is 2.60. The number of aromatic nitrogens is 3. The third kappa shape index (κ3) is 7.53. The molecule has 0 aliphatic heterocycles. The maximum atomic E-state index is 5.64. The van der Waals surface area contributed by atoms with Crippen molar-refractivity contribution >= 4 is 29.9 Å². The summed E-state index contributed by atoms with van der Waals surface area (Å²) in [5.74, 6) is 3.17. The fraction of sp³-hybridized carbons (Fsp3) is 0.526. The van der Waals surface area contributed by atoms with Crippen molar-refractivity contribution in [2.45, 2.75) is 33.2 Å². The second-order valence-electron chi connectivity index (χ2n) is 5.94. The first-order valence-electron chi connectivity index (χ1n) is 9.32. The largest absolute Gasteiger partial charge is 0.493 e. The first-order chi connectivity index (χ1) is 13.2. The van der Waals surface area contributed by atoms with Gasteiger partial charge >= 0.3 is 0 Å². The number of guanidine groups is 1. The van der Waals surface area contributed by atoms with Crippen molar-refractivity contribution in [3.8, 4) is 11.5 Å². The molecule has 0 bridgehead atoms. The summed E-state index contributed by atoms with van der Waals surface area (Å²) in [4.78, 5) is 8.75. The summed E-state index contributed by atoms with van der Waals surface area (Å²) >= 11 is 0. The van der Waals surface area contributed by atoms with E-state index in [0.29, 0.717) is 13.2 Å². The van der Waals surface area contributed by atoms with Gasteiger partial charge in [-0.05, 0) is 44.4 Å². The number of aliphatic imine (C=N–C) groups is 1. The Morgan fingerprint density at radius 3 is 2.68 bits per heavy atom. The molecule has 8 nitrogen and oxygen atoms in total. The number of hydrogen-bond acceptors (Lipinski definition) is 5. The summed E-state index contributed by atoms with van der Waals surface area (Å²) in [6, 6.07) is 6.09. The maximum absolute atomic E-state index is 5.64. The van der Waals surface area contributed by atoms with Gasteiger partial charge in [-0.2, -0.15) is 5.10 Å². The van der Waals surface area contributed by atoms with E-state index < -0.39 is 0 Å². The van der Waals surface area contributed by atoms with Crippen molar-refractivity contribution < 1.29 is 9.47 Å². The molecule has 0 unspecified atom stereocenters. The van der Waals surface area contributed by atoms with Crippen LogP contribution < -0.4 is 20.1 Å². The number of methoxy groups -OCH3 is 1. The van der Waals surface area contributed by atoms with E-state index in [9.17, 15) is 0 Å². The Labute approximate surface area is 184 Å². The zero-order valence-corrected chi connectivity index (χ0v) is 19.4. The third-order valence-electron chi connectivity index (χ3n) is 3.99. The van der Waals surface area contributed by atoms with E-state index in [1.165, 1.54) is 11.9 Å². The van der Waals surface area contributed by atoms with Crippen LogP contribution in [-0.2, 0) is 20.0 Å². The SMILES string of the molecule is CCNC(=NCc1ncnn1C)NCCCc1ccc(OC)c(OCC)c1.I. The van der Waals surface area contributed by atoms with Gasteiger partial charge in [0.2, 0.25) is 0 Å². The smallest absolute Gasteiger partial charge is 0.191 e. The predicted octanol–water partition coefficient (Wildman–Crippen LogP) is 2.53. The van der Waals surface area contributed by atoms with E-state index in [1.54, 1.807) is 11.8 Å². The quantitative estimate of drug-likeness (QED) is 0.225. The second-order valence-corrected chi connectivity index (χ2v) is 5.94. The number of ether oxygens (including phenoxy) is 2. The van der Waals surface area contributed by atoms with Gasteiger partial charge in [-0.1, -0.05) is 6.07 Å². The Morgan fingerprint density at radius 1 is 1.21 bits per heavy atom. The van der Waals surface area contributed by atoms with E-state index in [1.807, 2.05) is 27.0 Å². The summed E-state index contributed by atoms with van der Waals surface area (Å²) in [5.41, 5.74) is 1.22. The van der Waals surface area contributed by atoms with Crippen LogP contribution in [0.3, 0.4) is 0 Å². The summed E-state index contributed by atoms with van der Waals surface area (Å²) in [6.45, 7) is 6.75. The Kier molecular flexibility index (Phi) is 11.3. The van der Waals surface area contributed by atoms with Gasteiger partial charge in [0.05, 0.1) is 13.7 Å². The van der Waals surface area contributed by atoms with Crippen LogP contribution in [0.4, 0.5) is 0 Å². The van der Waals surface area contributed by atoms with Crippen LogP contribution in [0.15, 0.2) is 29.5 Å². The number of hydrogen-bond donors (Lipinski definition) is 2. The molecule has 28 heavy (non-hydrogen) atoms. The second kappa shape index (κ2) is 13.2. The molecule has 0 atom stereocenters. The molecule has 0 radical (unpaired) electrons.